The monoisotopic (exact) mass is 379 g/mol. The van der Waals surface area contributed by atoms with Gasteiger partial charge in [-0.3, -0.25) is 0 Å². The normalized spacial score (nSPS) is 10.9. The van der Waals surface area contributed by atoms with Crippen LogP contribution in [0.4, 0.5) is 0 Å². The number of hydrogen-bond donors (Lipinski definition) is 1. The number of phenols is 1. The second kappa shape index (κ2) is 6.74. The van der Waals surface area contributed by atoms with Crippen molar-refractivity contribution in [3.8, 4) is 17.2 Å². The van der Waals surface area contributed by atoms with Crippen LogP contribution in [0.2, 0.25) is 5.02 Å². The van der Waals surface area contributed by atoms with E-state index >= 15 is 0 Å². The fourth-order valence-electron chi connectivity index (χ4n) is 2.59. The summed E-state index contributed by atoms with van der Waals surface area (Å²) in [6.07, 6.45) is 0. The van der Waals surface area contributed by atoms with E-state index in [1.165, 1.54) is 10.9 Å². The fraction of sp³-hybridized carbons (Fsp3) is 0.0500. The molecule has 1 aromatic heterocycles. The number of fused-ring (bicyclic) bond motifs is 1. The third kappa shape index (κ3) is 3.47. The van der Waals surface area contributed by atoms with Crippen LogP contribution in [0.5, 0.6) is 11.5 Å². The Hall–Kier alpha value is -3.38. The van der Waals surface area contributed by atoms with E-state index in [9.17, 15) is 9.90 Å². The second-order valence-electron chi connectivity index (χ2n) is 6.03. The summed E-state index contributed by atoms with van der Waals surface area (Å²) in [4.78, 5) is 13.5. The van der Waals surface area contributed by atoms with Crippen molar-refractivity contribution < 1.29 is 14.6 Å². The predicted octanol–water partition coefficient (Wildman–Crippen LogP) is 4.31. The van der Waals surface area contributed by atoms with Crippen LogP contribution >= 0.6 is 11.6 Å². The first kappa shape index (κ1) is 17.1. The van der Waals surface area contributed by atoms with Gasteiger partial charge in [-0.2, -0.15) is 0 Å². The number of aromatic hydroxyl groups is 1. The minimum Gasteiger partial charge on any atom is -0.505 e. The third-order valence-corrected chi connectivity index (χ3v) is 4.24. The quantitative estimate of drug-likeness (QED) is 0.424. The first-order valence-corrected chi connectivity index (χ1v) is 8.52. The summed E-state index contributed by atoms with van der Waals surface area (Å²) in [6.45, 7) is 1.94. The standard InChI is InChI=1S/C20H14ClN3O3/c1-12-2-4-13(5-3-12)20(26)27-15-7-9-18(19(25)11-15)24-22-16-8-6-14(21)10-17(16)23-24/h2-11,25H,1H3. The lowest BCUT2D eigenvalue weighted by Gasteiger charge is -2.07. The Kier molecular flexibility index (Phi) is 4.25. The number of benzene rings is 3. The van der Waals surface area contributed by atoms with E-state index in [4.69, 9.17) is 16.3 Å². The van der Waals surface area contributed by atoms with Crippen LogP contribution in [0.3, 0.4) is 0 Å². The summed E-state index contributed by atoms with van der Waals surface area (Å²) in [5.41, 5.74) is 3.10. The number of ether oxygens (including phenoxy) is 1. The summed E-state index contributed by atoms with van der Waals surface area (Å²) in [6, 6.07) is 16.7. The van der Waals surface area contributed by atoms with E-state index in [2.05, 4.69) is 10.2 Å². The molecule has 0 bridgehead atoms. The van der Waals surface area contributed by atoms with Crippen molar-refractivity contribution >= 4 is 28.6 Å². The van der Waals surface area contributed by atoms with Gasteiger partial charge in [0.1, 0.15) is 28.2 Å². The lowest BCUT2D eigenvalue weighted by Crippen LogP contribution is -2.08. The number of nitrogens with zero attached hydrogens (tertiary/aromatic N) is 3. The van der Waals surface area contributed by atoms with E-state index in [-0.39, 0.29) is 11.5 Å². The van der Waals surface area contributed by atoms with Crippen LogP contribution in [0.25, 0.3) is 16.7 Å². The number of esters is 1. The van der Waals surface area contributed by atoms with Crippen LogP contribution in [0, 0.1) is 6.92 Å². The van der Waals surface area contributed by atoms with Gasteiger partial charge in [0, 0.05) is 11.1 Å². The minimum absolute atomic E-state index is 0.115. The highest BCUT2D eigenvalue weighted by Crippen LogP contribution is 2.27. The molecule has 0 aliphatic carbocycles. The molecule has 0 spiro atoms. The molecule has 1 heterocycles. The number of aromatic nitrogens is 3. The number of rotatable bonds is 3. The van der Waals surface area contributed by atoms with Crippen molar-refractivity contribution in [1.29, 1.82) is 0 Å². The number of phenolic OH excluding ortho intramolecular Hbond substituents is 1. The average Bonchev–Trinajstić information content (AvgIpc) is 3.05. The predicted molar refractivity (Wildman–Crippen MR) is 102 cm³/mol. The summed E-state index contributed by atoms with van der Waals surface area (Å²) in [5.74, 6) is -0.392. The van der Waals surface area contributed by atoms with E-state index < -0.39 is 5.97 Å². The third-order valence-electron chi connectivity index (χ3n) is 4.00. The van der Waals surface area contributed by atoms with Gasteiger partial charge in [0.15, 0.2) is 0 Å². The molecule has 134 valence electrons. The number of aryl methyl sites for hydroxylation is 1. The van der Waals surface area contributed by atoms with Gasteiger partial charge >= 0.3 is 5.97 Å². The van der Waals surface area contributed by atoms with Crippen LogP contribution < -0.4 is 4.74 Å². The molecular weight excluding hydrogens is 366 g/mol. The molecule has 0 fully saturated rings. The van der Waals surface area contributed by atoms with Crippen LogP contribution in [-0.4, -0.2) is 26.1 Å². The van der Waals surface area contributed by atoms with Crippen molar-refractivity contribution in [2.75, 3.05) is 0 Å². The van der Waals surface area contributed by atoms with Gasteiger partial charge in [-0.05, 0) is 49.4 Å². The van der Waals surface area contributed by atoms with Crippen LogP contribution in [0.1, 0.15) is 15.9 Å². The minimum atomic E-state index is -0.500. The second-order valence-corrected chi connectivity index (χ2v) is 6.46. The highest BCUT2D eigenvalue weighted by molar-refractivity contribution is 6.31. The number of carbonyl (C=O) groups excluding carboxylic acids is 1. The summed E-state index contributed by atoms with van der Waals surface area (Å²) in [5, 5.41) is 19.5. The van der Waals surface area contributed by atoms with Crippen molar-refractivity contribution in [2.24, 2.45) is 0 Å². The van der Waals surface area contributed by atoms with Gasteiger partial charge in [0.05, 0.1) is 5.56 Å². The molecule has 27 heavy (non-hydrogen) atoms. The van der Waals surface area contributed by atoms with Gasteiger partial charge in [0.25, 0.3) is 0 Å². The van der Waals surface area contributed by atoms with Crippen molar-refractivity contribution in [1.82, 2.24) is 15.0 Å². The number of hydrogen-bond acceptors (Lipinski definition) is 5. The Morgan fingerprint density at radius 1 is 1.00 bits per heavy atom. The van der Waals surface area contributed by atoms with Crippen LogP contribution in [0.15, 0.2) is 60.7 Å². The Morgan fingerprint density at radius 3 is 2.48 bits per heavy atom. The molecule has 0 aliphatic heterocycles. The van der Waals surface area contributed by atoms with E-state index in [0.29, 0.717) is 27.3 Å². The van der Waals surface area contributed by atoms with Gasteiger partial charge in [0.2, 0.25) is 0 Å². The SMILES string of the molecule is Cc1ccc(C(=O)Oc2ccc(-n3nc4ccc(Cl)cc4n3)c(O)c2)cc1. The van der Waals surface area contributed by atoms with Gasteiger partial charge in [-0.1, -0.05) is 29.3 Å². The van der Waals surface area contributed by atoms with E-state index in [1.807, 2.05) is 19.1 Å². The lowest BCUT2D eigenvalue weighted by molar-refractivity contribution is 0.0734. The Bertz CT molecular complexity index is 1150. The molecule has 1 N–H and O–H groups in total. The molecule has 7 heteroatoms. The Balaban J connectivity index is 1.60. The summed E-state index contributed by atoms with van der Waals surface area (Å²) >= 11 is 5.96. The maximum Gasteiger partial charge on any atom is 0.343 e. The number of halogens is 1. The summed E-state index contributed by atoms with van der Waals surface area (Å²) < 4.78 is 5.32. The van der Waals surface area contributed by atoms with E-state index in [0.717, 1.165) is 5.56 Å². The molecular formula is C20H14ClN3O3. The zero-order chi connectivity index (χ0) is 19.0. The highest BCUT2D eigenvalue weighted by Gasteiger charge is 2.13. The largest absolute Gasteiger partial charge is 0.505 e. The average molecular weight is 380 g/mol. The molecule has 0 amide bonds. The molecule has 0 radical (unpaired) electrons. The van der Waals surface area contributed by atoms with Crippen molar-refractivity contribution in [3.63, 3.8) is 0 Å². The zero-order valence-corrected chi connectivity index (χ0v) is 15.0. The Morgan fingerprint density at radius 2 is 1.74 bits per heavy atom. The van der Waals surface area contributed by atoms with Gasteiger partial charge in [-0.15, -0.1) is 15.0 Å². The lowest BCUT2D eigenvalue weighted by atomic mass is 10.1. The molecule has 0 atom stereocenters. The van der Waals surface area contributed by atoms with Crippen molar-refractivity contribution in [2.45, 2.75) is 6.92 Å². The zero-order valence-electron chi connectivity index (χ0n) is 14.3. The molecule has 4 rings (SSSR count). The molecule has 6 nitrogen and oxygen atoms in total. The molecule has 0 unspecified atom stereocenters. The van der Waals surface area contributed by atoms with Gasteiger partial charge < -0.3 is 9.84 Å². The Labute approximate surface area is 159 Å². The van der Waals surface area contributed by atoms with Gasteiger partial charge in [-0.25, -0.2) is 4.79 Å². The van der Waals surface area contributed by atoms with E-state index in [1.54, 1.807) is 42.5 Å². The molecule has 0 aliphatic rings. The fourth-order valence-corrected chi connectivity index (χ4v) is 2.75. The van der Waals surface area contributed by atoms with Crippen LogP contribution in [-0.2, 0) is 0 Å². The van der Waals surface area contributed by atoms with Crippen molar-refractivity contribution in [3.05, 3.63) is 76.8 Å². The summed E-state index contributed by atoms with van der Waals surface area (Å²) in [7, 11) is 0. The first-order chi connectivity index (χ1) is 13.0. The highest BCUT2D eigenvalue weighted by atomic mass is 35.5. The smallest absolute Gasteiger partial charge is 0.343 e. The maximum atomic E-state index is 12.2. The topological polar surface area (TPSA) is 77.2 Å². The molecule has 0 saturated heterocycles. The molecule has 4 aromatic rings. The molecule has 3 aromatic carbocycles. The first-order valence-electron chi connectivity index (χ1n) is 8.14. The number of carbonyl (C=O) groups is 1. The maximum absolute atomic E-state index is 12.2. The molecule has 0 saturated carbocycles.